The molecular formula is C17H12FN5O3S. The van der Waals surface area contributed by atoms with Crippen LogP contribution in [0.5, 0.6) is 5.75 Å². The van der Waals surface area contributed by atoms with E-state index < -0.39 is 4.92 Å². The van der Waals surface area contributed by atoms with Crippen molar-refractivity contribution in [3.63, 3.8) is 0 Å². The Balaban J connectivity index is 1.52. The highest BCUT2D eigenvalue weighted by Gasteiger charge is 2.20. The van der Waals surface area contributed by atoms with Gasteiger partial charge in [0.15, 0.2) is 5.82 Å². The highest BCUT2D eigenvalue weighted by Crippen LogP contribution is 2.25. The summed E-state index contributed by atoms with van der Waals surface area (Å²) in [4.78, 5) is 10.2. The molecule has 2 aromatic carbocycles. The predicted octanol–water partition coefficient (Wildman–Crippen LogP) is 3.26. The van der Waals surface area contributed by atoms with Crippen molar-refractivity contribution in [3.05, 3.63) is 75.9 Å². The second-order valence-electron chi connectivity index (χ2n) is 5.59. The van der Waals surface area contributed by atoms with Crippen LogP contribution in [0.1, 0.15) is 11.4 Å². The minimum atomic E-state index is -0.471. The predicted molar refractivity (Wildman–Crippen MR) is 96.5 cm³/mol. The molecule has 8 nitrogen and oxygen atoms in total. The number of nitrogens with zero attached hydrogens (tertiary/aromatic N) is 5. The second kappa shape index (κ2) is 7.16. The van der Waals surface area contributed by atoms with Crippen LogP contribution in [0.4, 0.5) is 10.1 Å². The summed E-state index contributed by atoms with van der Waals surface area (Å²) in [6, 6.07) is 11.9. The van der Waals surface area contributed by atoms with E-state index in [1.165, 1.54) is 48.2 Å². The van der Waals surface area contributed by atoms with E-state index in [4.69, 9.17) is 4.74 Å². The number of rotatable bonds is 5. The Kier molecular flexibility index (Phi) is 4.55. The van der Waals surface area contributed by atoms with Gasteiger partial charge in [0, 0.05) is 17.9 Å². The number of halogens is 1. The summed E-state index contributed by atoms with van der Waals surface area (Å²) in [5, 5.41) is 24.1. The Morgan fingerprint density at radius 3 is 2.59 bits per heavy atom. The maximum atomic E-state index is 13.1. The lowest BCUT2D eigenvalue weighted by molar-refractivity contribution is -0.384. The first-order valence-electron chi connectivity index (χ1n) is 7.88. The van der Waals surface area contributed by atoms with Crippen LogP contribution in [0.3, 0.4) is 0 Å². The average Bonchev–Trinajstić information content (AvgIpc) is 3.09. The second-order valence-corrected chi connectivity index (χ2v) is 6.54. The van der Waals surface area contributed by atoms with Gasteiger partial charge in [0.05, 0.1) is 10.6 Å². The number of hydrogen-bond donors (Lipinski definition) is 0. The van der Waals surface area contributed by atoms with E-state index in [0.717, 1.165) is 11.3 Å². The normalized spacial score (nSPS) is 13.0. The molecule has 1 aliphatic rings. The van der Waals surface area contributed by atoms with E-state index in [0.29, 0.717) is 22.5 Å². The first kappa shape index (κ1) is 17.2. The number of nitro benzene ring substituents is 1. The van der Waals surface area contributed by atoms with Crippen LogP contribution in [0.15, 0.2) is 58.8 Å². The molecule has 1 aromatic heterocycles. The molecule has 10 heteroatoms. The fourth-order valence-corrected chi connectivity index (χ4v) is 3.31. The van der Waals surface area contributed by atoms with Crippen molar-refractivity contribution in [2.45, 2.75) is 11.8 Å². The summed E-state index contributed by atoms with van der Waals surface area (Å²) < 4.78 is 20.3. The molecule has 0 N–H and O–H groups in total. The van der Waals surface area contributed by atoms with Crippen LogP contribution in [-0.2, 0) is 6.61 Å². The molecule has 3 aromatic rings. The van der Waals surface area contributed by atoms with E-state index in [1.54, 1.807) is 16.8 Å². The summed E-state index contributed by atoms with van der Waals surface area (Å²) in [5.41, 5.74) is 1.60. The van der Waals surface area contributed by atoms with Gasteiger partial charge < -0.3 is 4.74 Å². The number of thioether (sulfide) groups is 1. The van der Waals surface area contributed by atoms with Gasteiger partial charge in [-0.25, -0.2) is 4.39 Å². The van der Waals surface area contributed by atoms with Gasteiger partial charge >= 0.3 is 0 Å². The lowest BCUT2D eigenvalue weighted by Crippen LogP contribution is -2.15. The van der Waals surface area contributed by atoms with Crippen molar-refractivity contribution >= 4 is 23.2 Å². The van der Waals surface area contributed by atoms with Crippen molar-refractivity contribution in [2.75, 3.05) is 5.75 Å². The SMILES string of the molecule is O=[N+]([O-])c1ccc(OCc2nnc3n2N=C(c2ccc(F)cc2)CS3)cc1. The van der Waals surface area contributed by atoms with Crippen LogP contribution < -0.4 is 4.74 Å². The molecule has 0 amide bonds. The Morgan fingerprint density at radius 1 is 1.15 bits per heavy atom. The van der Waals surface area contributed by atoms with E-state index in [1.807, 2.05) is 0 Å². The standard InChI is InChI=1S/C17H12FN5O3S/c18-12-3-1-11(2-4-12)15-10-27-17-20-19-16(22(17)21-15)9-26-14-7-5-13(6-8-14)23(24)25/h1-8H,9-10H2. The summed E-state index contributed by atoms with van der Waals surface area (Å²) in [5.74, 6) is 1.27. The molecule has 136 valence electrons. The number of nitro groups is 1. The number of ether oxygens (including phenoxy) is 1. The molecule has 27 heavy (non-hydrogen) atoms. The van der Waals surface area contributed by atoms with Gasteiger partial charge in [0.1, 0.15) is 18.2 Å². The molecule has 0 saturated heterocycles. The number of non-ortho nitro benzene ring substituents is 1. The molecule has 0 bridgehead atoms. The smallest absolute Gasteiger partial charge is 0.269 e. The molecule has 0 saturated carbocycles. The number of hydrogen-bond acceptors (Lipinski definition) is 7. The zero-order valence-electron chi connectivity index (χ0n) is 13.8. The topological polar surface area (TPSA) is 95.4 Å². The zero-order chi connectivity index (χ0) is 18.8. The van der Waals surface area contributed by atoms with Gasteiger partial charge in [-0.1, -0.05) is 23.9 Å². The van der Waals surface area contributed by atoms with Crippen molar-refractivity contribution in [3.8, 4) is 5.75 Å². The third-order valence-corrected chi connectivity index (χ3v) is 4.76. The summed E-state index contributed by atoms with van der Waals surface area (Å²) in [6.07, 6.45) is 0. The van der Waals surface area contributed by atoms with E-state index >= 15 is 0 Å². The van der Waals surface area contributed by atoms with Crippen LogP contribution >= 0.6 is 11.8 Å². The Labute approximate surface area is 156 Å². The van der Waals surface area contributed by atoms with Gasteiger partial charge in [-0.05, 0) is 29.8 Å². The van der Waals surface area contributed by atoms with Crippen LogP contribution in [0, 0.1) is 15.9 Å². The van der Waals surface area contributed by atoms with Crippen LogP contribution in [-0.4, -0.2) is 31.3 Å². The van der Waals surface area contributed by atoms with Crippen molar-refractivity contribution in [1.29, 1.82) is 0 Å². The van der Waals surface area contributed by atoms with Gasteiger partial charge in [-0.2, -0.15) is 9.78 Å². The molecule has 0 spiro atoms. The summed E-state index contributed by atoms with van der Waals surface area (Å²) in [6.45, 7) is 0.103. The van der Waals surface area contributed by atoms with Gasteiger partial charge in [-0.3, -0.25) is 10.1 Å². The number of aromatic nitrogens is 3. The molecular weight excluding hydrogens is 373 g/mol. The maximum absolute atomic E-state index is 13.1. The fraction of sp³-hybridized carbons (Fsp3) is 0.118. The minimum absolute atomic E-state index is 0.00727. The van der Waals surface area contributed by atoms with Crippen LogP contribution in [0.2, 0.25) is 0 Å². The van der Waals surface area contributed by atoms with Gasteiger partial charge in [0.2, 0.25) is 5.16 Å². The van der Waals surface area contributed by atoms with Crippen molar-refractivity contribution in [2.24, 2.45) is 5.10 Å². The molecule has 0 unspecified atom stereocenters. The Hall–Kier alpha value is -3.27. The largest absolute Gasteiger partial charge is 0.486 e. The minimum Gasteiger partial charge on any atom is -0.486 e. The fourth-order valence-electron chi connectivity index (χ4n) is 2.45. The van der Waals surface area contributed by atoms with Gasteiger partial charge in [0.25, 0.3) is 5.69 Å². The van der Waals surface area contributed by atoms with E-state index in [9.17, 15) is 14.5 Å². The first-order valence-corrected chi connectivity index (χ1v) is 8.87. The zero-order valence-corrected chi connectivity index (χ0v) is 14.6. The van der Waals surface area contributed by atoms with Crippen molar-refractivity contribution < 1.29 is 14.1 Å². The lowest BCUT2D eigenvalue weighted by Gasteiger charge is -2.14. The number of benzene rings is 2. The van der Waals surface area contributed by atoms with Crippen LogP contribution in [0.25, 0.3) is 0 Å². The third kappa shape index (κ3) is 3.65. The molecule has 1 aliphatic heterocycles. The monoisotopic (exact) mass is 385 g/mol. The van der Waals surface area contributed by atoms with Gasteiger partial charge in [-0.15, -0.1) is 10.2 Å². The lowest BCUT2D eigenvalue weighted by atomic mass is 10.1. The molecule has 4 rings (SSSR count). The average molecular weight is 385 g/mol. The molecule has 0 aliphatic carbocycles. The third-order valence-electron chi connectivity index (χ3n) is 3.83. The summed E-state index contributed by atoms with van der Waals surface area (Å²) in [7, 11) is 0. The Morgan fingerprint density at radius 2 is 1.89 bits per heavy atom. The molecule has 0 radical (unpaired) electrons. The Bertz CT molecular complexity index is 1020. The number of fused-ring (bicyclic) bond motifs is 1. The summed E-state index contributed by atoms with van der Waals surface area (Å²) >= 11 is 1.48. The maximum Gasteiger partial charge on any atom is 0.269 e. The van der Waals surface area contributed by atoms with E-state index in [2.05, 4.69) is 15.3 Å². The first-order chi connectivity index (χ1) is 13.1. The molecule has 0 fully saturated rings. The highest BCUT2D eigenvalue weighted by atomic mass is 32.2. The quantitative estimate of drug-likeness (QED) is 0.494. The van der Waals surface area contributed by atoms with Crippen molar-refractivity contribution in [1.82, 2.24) is 14.9 Å². The van der Waals surface area contributed by atoms with E-state index in [-0.39, 0.29) is 18.1 Å². The highest BCUT2D eigenvalue weighted by molar-refractivity contribution is 7.99. The molecule has 0 atom stereocenters. The molecule has 2 heterocycles.